The van der Waals surface area contributed by atoms with E-state index in [1.807, 2.05) is 6.92 Å². The Labute approximate surface area is 156 Å². The van der Waals surface area contributed by atoms with E-state index in [2.05, 4.69) is 4.99 Å². The van der Waals surface area contributed by atoms with Gasteiger partial charge in [-0.15, -0.1) is 0 Å². The largest absolute Gasteiger partial charge is 0.433 e. The van der Waals surface area contributed by atoms with Gasteiger partial charge in [0.05, 0.1) is 11.4 Å². The lowest BCUT2D eigenvalue weighted by atomic mass is 9.86. The predicted octanol–water partition coefficient (Wildman–Crippen LogP) is 4.12. The average molecular weight is 379 g/mol. The number of halogens is 3. The summed E-state index contributed by atoms with van der Waals surface area (Å²) >= 11 is 0. The van der Waals surface area contributed by atoms with Crippen LogP contribution < -0.4 is 17.2 Å². The van der Waals surface area contributed by atoms with Crippen molar-refractivity contribution < 1.29 is 13.2 Å². The molecule has 1 aliphatic carbocycles. The minimum absolute atomic E-state index is 0.0877. The molecule has 0 radical (unpaired) electrons. The lowest BCUT2D eigenvalue weighted by Crippen LogP contribution is -2.29. The van der Waals surface area contributed by atoms with Crippen molar-refractivity contribution >= 4 is 22.8 Å². The van der Waals surface area contributed by atoms with E-state index in [4.69, 9.17) is 22.6 Å². The molecule has 7 N–H and O–H groups in total. The van der Waals surface area contributed by atoms with Crippen LogP contribution in [0.5, 0.6) is 0 Å². The highest BCUT2D eigenvalue weighted by Crippen LogP contribution is 2.32. The zero-order chi connectivity index (χ0) is 20.2. The third kappa shape index (κ3) is 4.77. The van der Waals surface area contributed by atoms with E-state index in [9.17, 15) is 13.2 Å². The molecule has 0 bridgehead atoms. The average Bonchev–Trinajstić information content (AvgIpc) is 2.62. The van der Waals surface area contributed by atoms with Gasteiger partial charge in [0.25, 0.3) is 0 Å². The van der Waals surface area contributed by atoms with E-state index in [1.54, 1.807) is 18.2 Å². The van der Waals surface area contributed by atoms with Crippen molar-refractivity contribution in [3.63, 3.8) is 0 Å². The number of rotatable bonds is 5. The van der Waals surface area contributed by atoms with Gasteiger partial charge in [0.15, 0.2) is 0 Å². The van der Waals surface area contributed by atoms with Gasteiger partial charge in [-0.2, -0.15) is 13.2 Å². The fourth-order valence-electron chi connectivity index (χ4n) is 3.07. The first-order valence-electron chi connectivity index (χ1n) is 8.63. The Morgan fingerprint density at radius 2 is 1.93 bits per heavy atom. The van der Waals surface area contributed by atoms with Crippen LogP contribution in [0.25, 0.3) is 0 Å². The fourth-order valence-corrected chi connectivity index (χ4v) is 3.07. The highest BCUT2D eigenvalue weighted by molar-refractivity contribution is 6.31. The van der Waals surface area contributed by atoms with Crippen LogP contribution in [-0.4, -0.2) is 17.6 Å². The molecule has 1 aromatic carbocycles. The monoisotopic (exact) mass is 379 g/mol. The maximum atomic E-state index is 13.2. The molecular weight excluding hydrogens is 355 g/mol. The van der Waals surface area contributed by atoms with Crippen LogP contribution in [0.2, 0.25) is 0 Å². The number of anilines is 1. The smallest absolute Gasteiger partial charge is 0.404 e. The summed E-state index contributed by atoms with van der Waals surface area (Å²) in [6.07, 6.45) is -0.824. The number of hydrogen-bond donors (Lipinski definition) is 4. The number of nitrogens with one attached hydrogen (secondary N) is 1. The number of nitrogens with two attached hydrogens (primary N) is 3. The van der Waals surface area contributed by atoms with Gasteiger partial charge in [-0.05, 0) is 61.9 Å². The summed E-state index contributed by atoms with van der Waals surface area (Å²) in [6.45, 7) is 2.06. The van der Waals surface area contributed by atoms with Gasteiger partial charge in [-0.25, -0.2) is 4.99 Å². The number of benzene rings is 1. The van der Waals surface area contributed by atoms with Crippen LogP contribution in [0.3, 0.4) is 0 Å². The summed E-state index contributed by atoms with van der Waals surface area (Å²) in [4.78, 5) is 4.45. The second kappa shape index (κ2) is 8.39. The van der Waals surface area contributed by atoms with E-state index in [0.717, 1.165) is 31.0 Å². The SMILES string of the molecule is CC1=C(C(=N\c2ccc(N)c(CN)c2)/C(=C/N)C(=N)C(F)(F)F)CCCC1. The predicted molar refractivity (Wildman–Crippen MR) is 103 cm³/mol. The summed E-state index contributed by atoms with van der Waals surface area (Å²) in [5.74, 6) is 0. The lowest BCUT2D eigenvalue weighted by Gasteiger charge is -2.22. The van der Waals surface area contributed by atoms with Crippen molar-refractivity contribution in [1.82, 2.24) is 0 Å². The van der Waals surface area contributed by atoms with Crippen LogP contribution in [0.15, 0.2) is 46.1 Å². The number of alkyl halides is 3. The molecule has 0 fully saturated rings. The van der Waals surface area contributed by atoms with Crippen LogP contribution >= 0.6 is 0 Å². The molecule has 0 saturated carbocycles. The molecule has 0 heterocycles. The fraction of sp³-hybridized carbons (Fsp3) is 0.368. The Hall–Kier alpha value is -2.61. The summed E-state index contributed by atoms with van der Waals surface area (Å²) in [5, 5.41) is 7.57. The molecular formula is C19H24F3N5. The van der Waals surface area contributed by atoms with Crippen molar-refractivity contribution in [2.45, 2.75) is 45.3 Å². The minimum atomic E-state index is -4.82. The zero-order valence-corrected chi connectivity index (χ0v) is 15.2. The third-order valence-electron chi connectivity index (χ3n) is 4.59. The van der Waals surface area contributed by atoms with Gasteiger partial charge in [0.1, 0.15) is 5.71 Å². The molecule has 0 spiro atoms. The number of allylic oxidation sites excluding steroid dienone is 3. The van der Waals surface area contributed by atoms with Crippen LogP contribution in [-0.2, 0) is 6.54 Å². The molecule has 0 saturated heterocycles. The summed E-state index contributed by atoms with van der Waals surface area (Å²) in [5.41, 5.74) is 18.4. The highest BCUT2D eigenvalue weighted by Gasteiger charge is 2.39. The molecule has 0 amide bonds. The Balaban J connectivity index is 2.65. The highest BCUT2D eigenvalue weighted by atomic mass is 19.4. The van der Waals surface area contributed by atoms with Gasteiger partial charge in [-0.3, -0.25) is 5.41 Å². The van der Waals surface area contributed by atoms with Crippen molar-refractivity contribution in [3.8, 4) is 0 Å². The topological polar surface area (TPSA) is 114 Å². The first-order chi connectivity index (χ1) is 12.7. The Kier molecular flexibility index (Phi) is 6.43. The maximum Gasteiger partial charge on any atom is 0.433 e. The first-order valence-corrected chi connectivity index (χ1v) is 8.63. The zero-order valence-electron chi connectivity index (χ0n) is 15.2. The third-order valence-corrected chi connectivity index (χ3v) is 4.59. The van der Waals surface area contributed by atoms with E-state index in [1.165, 1.54) is 0 Å². The molecule has 2 rings (SSSR count). The second-order valence-electron chi connectivity index (χ2n) is 6.47. The second-order valence-corrected chi connectivity index (χ2v) is 6.47. The van der Waals surface area contributed by atoms with E-state index < -0.39 is 17.5 Å². The Morgan fingerprint density at radius 3 is 2.48 bits per heavy atom. The summed E-state index contributed by atoms with van der Waals surface area (Å²) in [6, 6.07) is 4.86. The van der Waals surface area contributed by atoms with Crippen LogP contribution in [0.4, 0.5) is 24.5 Å². The molecule has 5 nitrogen and oxygen atoms in total. The lowest BCUT2D eigenvalue weighted by molar-refractivity contribution is -0.0587. The van der Waals surface area contributed by atoms with Crippen molar-refractivity contribution in [1.29, 1.82) is 5.41 Å². The van der Waals surface area contributed by atoms with Crippen molar-refractivity contribution in [3.05, 3.63) is 46.7 Å². The molecule has 0 unspecified atom stereocenters. The van der Waals surface area contributed by atoms with Gasteiger partial charge < -0.3 is 17.2 Å². The van der Waals surface area contributed by atoms with Gasteiger partial charge >= 0.3 is 6.18 Å². The summed E-state index contributed by atoms with van der Waals surface area (Å²) < 4.78 is 39.6. The molecule has 0 aliphatic heterocycles. The Bertz CT molecular complexity index is 819. The van der Waals surface area contributed by atoms with Gasteiger partial charge in [0.2, 0.25) is 0 Å². The molecule has 1 aromatic rings. The normalized spacial score (nSPS) is 16.6. The standard InChI is InChI=1S/C19H24F3N5/c1-11-4-2-3-5-14(11)17(15(10-24)18(26)19(20,21)22)27-13-6-7-16(25)12(8-13)9-23/h6-8,10,26H,2-5,9,23-25H2,1H3/b15-10-,26-18?,27-17+. The van der Waals surface area contributed by atoms with E-state index in [0.29, 0.717) is 28.9 Å². The molecule has 0 aromatic heterocycles. The first kappa shape index (κ1) is 20.7. The van der Waals surface area contributed by atoms with Crippen molar-refractivity contribution in [2.24, 2.45) is 16.5 Å². The summed E-state index contributed by atoms with van der Waals surface area (Å²) in [7, 11) is 0. The molecule has 27 heavy (non-hydrogen) atoms. The van der Waals surface area contributed by atoms with Gasteiger partial charge in [-0.1, -0.05) is 5.57 Å². The van der Waals surface area contributed by atoms with Crippen LogP contribution in [0.1, 0.15) is 38.2 Å². The molecule has 0 atom stereocenters. The minimum Gasteiger partial charge on any atom is -0.404 e. The number of hydrogen-bond acceptors (Lipinski definition) is 5. The Morgan fingerprint density at radius 1 is 1.26 bits per heavy atom. The van der Waals surface area contributed by atoms with E-state index in [-0.39, 0.29) is 12.3 Å². The number of aliphatic imine (C=N–C) groups is 1. The molecule has 146 valence electrons. The van der Waals surface area contributed by atoms with E-state index >= 15 is 0 Å². The molecule has 1 aliphatic rings. The quantitative estimate of drug-likeness (QED) is 0.456. The number of nitrogen functional groups attached to an aromatic ring is 1. The number of nitrogens with zero attached hydrogens (tertiary/aromatic N) is 1. The van der Waals surface area contributed by atoms with Gasteiger partial charge in [0, 0.05) is 24.0 Å². The van der Waals surface area contributed by atoms with Crippen LogP contribution in [0, 0.1) is 5.41 Å². The van der Waals surface area contributed by atoms with Crippen molar-refractivity contribution in [2.75, 3.05) is 5.73 Å². The molecule has 8 heteroatoms. The maximum absolute atomic E-state index is 13.2.